The van der Waals surface area contributed by atoms with Crippen LogP contribution in [0.5, 0.6) is 0 Å². The number of rotatable bonds is 6. The number of hydrogen-bond acceptors (Lipinski definition) is 4. The zero-order valence-electron chi connectivity index (χ0n) is 17.6. The highest BCUT2D eigenvalue weighted by Crippen LogP contribution is 2.21. The van der Waals surface area contributed by atoms with Crippen LogP contribution in [0.3, 0.4) is 0 Å². The lowest BCUT2D eigenvalue weighted by Gasteiger charge is -2.35. The van der Waals surface area contributed by atoms with Gasteiger partial charge in [-0.3, -0.25) is 9.59 Å². The van der Waals surface area contributed by atoms with Gasteiger partial charge in [-0.15, -0.1) is 0 Å². The molecule has 1 unspecified atom stereocenters. The number of aliphatic carboxylic acids is 1. The second-order valence-corrected chi connectivity index (χ2v) is 8.40. The van der Waals surface area contributed by atoms with Crippen molar-refractivity contribution >= 4 is 40.3 Å². The van der Waals surface area contributed by atoms with Gasteiger partial charge in [0.15, 0.2) is 0 Å². The molecule has 1 aromatic carbocycles. The van der Waals surface area contributed by atoms with E-state index in [0.717, 1.165) is 0 Å². The molecular formula is C23H22ClFN4O4. The fraction of sp³-hybridized carbons (Fsp3) is 0.304. The third kappa shape index (κ3) is 5.14. The summed E-state index contributed by atoms with van der Waals surface area (Å²) in [4.78, 5) is 46.4. The Morgan fingerprint density at radius 2 is 2.00 bits per heavy atom. The molecule has 2 aromatic heterocycles. The number of nitrogens with zero attached hydrogens (tertiary/aromatic N) is 2. The summed E-state index contributed by atoms with van der Waals surface area (Å²) in [6.07, 6.45) is 3.33. The van der Waals surface area contributed by atoms with Crippen LogP contribution in [-0.4, -0.2) is 56.4 Å². The Hall–Kier alpha value is -3.46. The molecular weight excluding hydrogens is 451 g/mol. The zero-order valence-corrected chi connectivity index (χ0v) is 18.3. The third-order valence-corrected chi connectivity index (χ3v) is 5.95. The number of amides is 2. The molecule has 1 fully saturated rings. The summed E-state index contributed by atoms with van der Waals surface area (Å²) in [7, 11) is 0. The fourth-order valence-corrected chi connectivity index (χ4v) is 4.24. The maximum absolute atomic E-state index is 13.4. The van der Waals surface area contributed by atoms with E-state index in [1.54, 1.807) is 12.1 Å². The number of carboxylic acids is 1. The lowest BCUT2D eigenvalue weighted by molar-refractivity contribution is -0.152. The van der Waals surface area contributed by atoms with Crippen LogP contribution in [0.2, 0.25) is 5.15 Å². The summed E-state index contributed by atoms with van der Waals surface area (Å²) in [5.41, 5.74) is 1.44. The number of carboxylic acid groups (broad SMARTS) is 1. The summed E-state index contributed by atoms with van der Waals surface area (Å²) < 4.78 is 13.3. The van der Waals surface area contributed by atoms with Gasteiger partial charge in [-0.25, -0.2) is 14.2 Å². The van der Waals surface area contributed by atoms with E-state index in [-0.39, 0.29) is 17.3 Å². The van der Waals surface area contributed by atoms with Gasteiger partial charge in [0.05, 0.1) is 11.7 Å². The van der Waals surface area contributed by atoms with Crippen LogP contribution in [0.4, 0.5) is 4.39 Å². The van der Waals surface area contributed by atoms with Crippen molar-refractivity contribution in [3.63, 3.8) is 0 Å². The predicted octanol–water partition coefficient (Wildman–Crippen LogP) is 3.16. The first-order valence-corrected chi connectivity index (χ1v) is 10.9. The molecule has 1 aliphatic heterocycles. The number of pyridine rings is 1. The number of fused-ring (bicyclic) bond motifs is 1. The van der Waals surface area contributed by atoms with Gasteiger partial charge in [0.25, 0.3) is 5.91 Å². The molecule has 0 radical (unpaired) electrons. The molecule has 0 saturated carbocycles. The van der Waals surface area contributed by atoms with Gasteiger partial charge in [-0.05, 0) is 49.1 Å². The molecule has 172 valence electrons. The summed E-state index contributed by atoms with van der Waals surface area (Å²) >= 11 is 5.91. The Labute approximate surface area is 193 Å². The van der Waals surface area contributed by atoms with Crippen LogP contribution in [0.25, 0.3) is 10.9 Å². The second-order valence-electron chi connectivity index (χ2n) is 8.02. The number of aromatic amines is 1. The van der Waals surface area contributed by atoms with Crippen molar-refractivity contribution in [1.82, 2.24) is 20.2 Å². The highest BCUT2D eigenvalue weighted by Gasteiger charge is 2.36. The first kappa shape index (κ1) is 22.7. The Bertz CT molecular complexity index is 1200. The van der Waals surface area contributed by atoms with Crippen LogP contribution >= 0.6 is 11.6 Å². The molecule has 3 N–H and O–H groups in total. The van der Waals surface area contributed by atoms with Crippen molar-refractivity contribution in [2.75, 3.05) is 6.54 Å². The number of carbonyl (C=O) groups excluding carboxylic acids is 2. The minimum atomic E-state index is -1.07. The highest BCUT2D eigenvalue weighted by atomic mass is 35.5. The summed E-state index contributed by atoms with van der Waals surface area (Å²) in [6, 6.07) is 6.83. The minimum absolute atomic E-state index is 0.0846. The molecule has 3 aromatic rings. The Kier molecular flexibility index (Phi) is 6.60. The van der Waals surface area contributed by atoms with Crippen LogP contribution in [0.1, 0.15) is 35.3 Å². The van der Waals surface area contributed by atoms with E-state index in [4.69, 9.17) is 11.6 Å². The van der Waals surface area contributed by atoms with Gasteiger partial charge >= 0.3 is 5.97 Å². The van der Waals surface area contributed by atoms with E-state index in [2.05, 4.69) is 15.3 Å². The normalized spacial score (nSPS) is 17.0. The number of piperidine rings is 1. The monoisotopic (exact) mass is 472 g/mol. The van der Waals surface area contributed by atoms with E-state index in [1.165, 1.54) is 35.4 Å². The number of nitrogens with one attached hydrogen (secondary N) is 2. The minimum Gasteiger partial charge on any atom is -0.480 e. The molecule has 10 heteroatoms. The Balaban J connectivity index is 1.60. The highest BCUT2D eigenvalue weighted by molar-refractivity contribution is 6.30. The van der Waals surface area contributed by atoms with Gasteiger partial charge in [-0.2, -0.15) is 0 Å². The van der Waals surface area contributed by atoms with Gasteiger partial charge < -0.3 is 20.3 Å². The smallest absolute Gasteiger partial charge is 0.326 e. The van der Waals surface area contributed by atoms with Crippen LogP contribution in [-0.2, 0) is 16.0 Å². The lowest BCUT2D eigenvalue weighted by Crippen LogP contribution is -2.56. The van der Waals surface area contributed by atoms with E-state index < -0.39 is 35.7 Å². The molecule has 4 rings (SSSR count). The number of hydrogen-bond donors (Lipinski definition) is 3. The third-order valence-electron chi connectivity index (χ3n) is 5.74. The number of likely N-dealkylation sites (tertiary alicyclic amines) is 1. The number of H-pyrrole nitrogens is 1. The topological polar surface area (TPSA) is 115 Å². The zero-order chi connectivity index (χ0) is 23.5. The molecule has 1 saturated heterocycles. The van der Waals surface area contributed by atoms with Crippen molar-refractivity contribution in [3.05, 3.63) is 64.8 Å². The first-order valence-electron chi connectivity index (χ1n) is 10.5. The molecule has 0 bridgehead atoms. The van der Waals surface area contributed by atoms with E-state index in [0.29, 0.717) is 42.3 Å². The van der Waals surface area contributed by atoms with Crippen molar-refractivity contribution in [1.29, 1.82) is 0 Å². The van der Waals surface area contributed by atoms with E-state index >= 15 is 0 Å². The predicted molar refractivity (Wildman–Crippen MR) is 119 cm³/mol. The van der Waals surface area contributed by atoms with Gasteiger partial charge in [0, 0.05) is 18.4 Å². The largest absolute Gasteiger partial charge is 0.480 e. The molecule has 0 spiro atoms. The molecule has 2 amide bonds. The Morgan fingerprint density at radius 3 is 2.73 bits per heavy atom. The lowest BCUT2D eigenvalue weighted by atomic mass is 9.98. The quantitative estimate of drug-likeness (QED) is 0.477. The van der Waals surface area contributed by atoms with Crippen molar-refractivity contribution in [2.24, 2.45) is 0 Å². The molecule has 8 nitrogen and oxygen atoms in total. The molecule has 0 aliphatic carbocycles. The van der Waals surface area contributed by atoms with E-state index in [9.17, 15) is 23.9 Å². The first-order chi connectivity index (χ1) is 15.8. The average Bonchev–Trinajstić information content (AvgIpc) is 3.23. The van der Waals surface area contributed by atoms with Crippen LogP contribution in [0, 0.1) is 5.82 Å². The van der Waals surface area contributed by atoms with Crippen molar-refractivity contribution in [2.45, 2.75) is 37.8 Å². The second kappa shape index (κ2) is 9.58. The molecule has 3 heterocycles. The Morgan fingerprint density at radius 1 is 1.24 bits per heavy atom. The van der Waals surface area contributed by atoms with Gasteiger partial charge in [0.1, 0.15) is 28.7 Å². The summed E-state index contributed by atoms with van der Waals surface area (Å²) in [5, 5.41) is 13.3. The summed E-state index contributed by atoms with van der Waals surface area (Å²) in [6.45, 7) is 0.294. The average molecular weight is 473 g/mol. The SMILES string of the molecule is O=C(N[C@@H](Cc1ccc(F)cc1)C(=O)N1CCCCC1C(=O)O)c1cc2cc(Cl)ncc2[nH]1. The molecule has 1 aliphatic rings. The number of aromatic nitrogens is 2. The number of benzene rings is 1. The molecule has 33 heavy (non-hydrogen) atoms. The number of carbonyl (C=O) groups is 3. The number of halogens is 2. The van der Waals surface area contributed by atoms with Crippen LogP contribution in [0.15, 0.2) is 42.6 Å². The summed E-state index contributed by atoms with van der Waals surface area (Å²) in [5.74, 6) is -2.51. The maximum Gasteiger partial charge on any atom is 0.326 e. The standard InChI is InChI=1S/C23H22ClFN4O4/c24-20-11-14-10-16(27-18(14)12-26-20)21(30)28-17(9-13-4-6-15(25)7-5-13)22(31)29-8-2-1-3-19(29)23(32)33/h4-7,10-12,17,19,27H,1-3,8-9H2,(H,28,30)(H,32,33)/t17-,19?/m0/s1. The van der Waals surface area contributed by atoms with Gasteiger partial charge in [0.2, 0.25) is 5.91 Å². The maximum atomic E-state index is 13.4. The van der Waals surface area contributed by atoms with Crippen LogP contribution < -0.4 is 5.32 Å². The molecule has 2 atom stereocenters. The van der Waals surface area contributed by atoms with E-state index in [1.807, 2.05) is 0 Å². The van der Waals surface area contributed by atoms with Gasteiger partial charge in [-0.1, -0.05) is 23.7 Å². The van der Waals surface area contributed by atoms with Crippen molar-refractivity contribution in [3.8, 4) is 0 Å². The fourth-order valence-electron chi connectivity index (χ4n) is 4.07. The van der Waals surface area contributed by atoms with Crippen molar-refractivity contribution < 1.29 is 23.9 Å².